The number of rotatable bonds is 19. The number of hydrogen-bond donors (Lipinski definition) is 2. The summed E-state index contributed by atoms with van der Waals surface area (Å²) in [7, 11) is 0. The number of carbonyl (C=O) groups is 1. The van der Waals surface area contributed by atoms with E-state index in [1.807, 2.05) is 121 Å². The second-order valence-corrected chi connectivity index (χ2v) is 12.9. The number of benzene rings is 4. The van der Waals surface area contributed by atoms with Crippen molar-refractivity contribution < 1.29 is 23.7 Å². The minimum Gasteiger partial charge on any atom is -0.369 e. The van der Waals surface area contributed by atoms with Gasteiger partial charge in [-0.05, 0) is 28.7 Å². The van der Waals surface area contributed by atoms with Gasteiger partial charge in [-0.1, -0.05) is 154 Å². The van der Waals surface area contributed by atoms with Gasteiger partial charge in [0.1, 0.15) is 24.4 Å². The highest BCUT2D eigenvalue weighted by Gasteiger charge is 2.53. The molecule has 49 heavy (non-hydrogen) atoms. The number of nitrogens with two attached hydrogens (primary N) is 1. The summed E-state index contributed by atoms with van der Waals surface area (Å²) in [6.07, 6.45) is 3.32. The molecule has 0 aromatic heterocycles. The number of hydrogen-bond acceptors (Lipinski definition) is 6. The van der Waals surface area contributed by atoms with E-state index >= 15 is 0 Å². The predicted octanol–water partition coefficient (Wildman–Crippen LogP) is 7.51. The van der Waals surface area contributed by atoms with E-state index in [1.54, 1.807) is 0 Å². The average molecular weight is 665 g/mol. The minimum atomic E-state index is -0.633. The SMILES string of the molecule is CCCCCCCC(=O)N[C@H]1[C@H](N)[C@H](OCc2ccccc2)[C@@H](OCc2ccccc2)[C@H](OCc2ccccc2)[C@H]1OCc1ccccc1. The zero-order valence-corrected chi connectivity index (χ0v) is 28.7. The van der Waals surface area contributed by atoms with Gasteiger partial charge in [-0.25, -0.2) is 0 Å². The van der Waals surface area contributed by atoms with Gasteiger partial charge < -0.3 is 30.0 Å². The molecule has 7 nitrogen and oxygen atoms in total. The standard InChI is InChI=1S/C42H52N2O5/c1-2-3-4-5-18-27-36(45)44-38-37(43)39(46-28-32-19-10-6-11-20-32)41(48-30-34-23-14-8-15-24-34)42(49-31-35-25-16-9-17-26-35)40(38)47-29-33-21-12-7-13-22-33/h6-17,19-26,37-42H,2-5,18,27-31,43H2,1H3,(H,44,45)/t37-,38-,39-,40-,41+,42+/m0/s1. The zero-order chi connectivity index (χ0) is 34.1. The molecule has 7 heteroatoms. The highest BCUT2D eigenvalue weighted by atomic mass is 16.6. The Morgan fingerprint density at radius 1 is 0.531 bits per heavy atom. The molecule has 1 aliphatic carbocycles. The molecule has 0 spiro atoms. The van der Waals surface area contributed by atoms with E-state index < -0.39 is 36.5 Å². The highest BCUT2D eigenvalue weighted by Crippen LogP contribution is 2.32. The number of ether oxygens (including phenoxy) is 4. The Morgan fingerprint density at radius 2 is 0.898 bits per heavy atom. The summed E-state index contributed by atoms with van der Waals surface area (Å²) < 4.78 is 27.0. The summed E-state index contributed by atoms with van der Waals surface area (Å²) in [6, 6.07) is 39.0. The van der Waals surface area contributed by atoms with Gasteiger partial charge in [-0.3, -0.25) is 4.79 Å². The van der Waals surface area contributed by atoms with Gasteiger partial charge in [-0.15, -0.1) is 0 Å². The lowest BCUT2D eigenvalue weighted by Crippen LogP contribution is -2.72. The van der Waals surface area contributed by atoms with E-state index in [1.165, 1.54) is 6.42 Å². The van der Waals surface area contributed by atoms with Crippen molar-refractivity contribution in [2.75, 3.05) is 0 Å². The molecule has 1 amide bonds. The fraction of sp³-hybridized carbons (Fsp3) is 0.405. The molecule has 1 aliphatic rings. The van der Waals surface area contributed by atoms with Gasteiger partial charge in [0.15, 0.2) is 0 Å². The molecule has 0 radical (unpaired) electrons. The topological polar surface area (TPSA) is 92.0 Å². The molecular weight excluding hydrogens is 612 g/mol. The summed E-state index contributed by atoms with van der Waals surface area (Å²) >= 11 is 0. The number of nitrogens with one attached hydrogen (secondary N) is 1. The maximum absolute atomic E-state index is 13.5. The number of carbonyl (C=O) groups excluding carboxylic acids is 1. The van der Waals surface area contributed by atoms with Crippen molar-refractivity contribution in [2.45, 2.75) is 108 Å². The van der Waals surface area contributed by atoms with E-state index in [0.717, 1.165) is 47.9 Å². The predicted molar refractivity (Wildman–Crippen MR) is 193 cm³/mol. The molecule has 5 rings (SSSR count). The van der Waals surface area contributed by atoms with Crippen LogP contribution < -0.4 is 11.1 Å². The Balaban J connectivity index is 1.47. The molecule has 1 fully saturated rings. The van der Waals surface area contributed by atoms with E-state index in [2.05, 4.69) is 12.2 Å². The first-order valence-electron chi connectivity index (χ1n) is 17.8. The summed E-state index contributed by atoms with van der Waals surface area (Å²) in [4.78, 5) is 13.5. The molecule has 0 unspecified atom stereocenters. The largest absolute Gasteiger partial charge is 0.369 e. The van der Waals surface area contributed by atoms with Gasteiger partial charge in [0.25, 0.3) is 0 Å². The first-order chi connectivity index (χ1) is 24.1. The smallest absolute Gasteiger partial charge is 0.220 e. The van der Waals surface area contributed by atoms with E-state index in [-0.39, 0.29) is 5.91 Å². The van der Waals surface area contributed by atoms with Crippen LogP contribution in [0, 0.1) is 0 Å². The van der Waals surface area contributed by atoms with Gasteiger partial charge in [0.2, 0.25) is 5.91 Å². The monoisotopic (exact) mass is 664 g/mol. The Kier molecular flexibility index (Phi) is 14.9. The third-order valence-electron chi connectivity index (χ3n) is 9.10. The van der Waals surface area contributed by atoms with Crippen molar-refractivity contribution in [1.82, 2.24) is 5.32 Å². The van der Waals surface area contributed by atoms with E-state index in [0.29, 0.717) is 32.8 Å². The van der Waals surface area contributed by atoms with Gasteiger partial charge >= 0.3 is 0 Å². The van der Waals surface area contributed by atoms with Crippen LogP contribution in [0.1, 0.15) is 67.7 Å². The first-order valence-corrected chi connectivity index (χ1v) is 17.8. The van der Waals surface area contributed by atoms with E-state index in [9.17, 15) is 4.79 Å². The Labute approximate surface area is 292 Å². The van der Waals surface area contributed by atoms with E-state index in [4.69, 9.17) is 24.7 Å². The van der Waals surface area contributed by atoms with Crippen molar-refractivity contribution in [3.63, 3.8) is 0 Å². The zero-order valence-electron chi connectivity index (χ0n) is 28.7. The average Bonchev–Trinajstić information content (AvgIpc) is 3.15. The molecule has 260 valence electrons. The van der Waals surface area contributed by atoms with Crippen molar-refractivity contribution in [3.8, 4) is 0 Å². The Morgan fingerprint density at radius 3 is 1.33 bits per heavy atom. The van der Waals surface area contributed by atoms with Crippen LogP contribution in [-0.2, 0) is 50.2 Å². The summed E-state index contributed by atoms with van der Waals surface area (Å²) in [5.74, 6) is -0.0440. The molecule has 4 aromatic carbocycles. The molecule has 6 atom stereocenters. The number of unbranched alkanes of at least 4 members (excludes halogenated alkanes) is 4. The number of amides is 1. The normalized spacial score (nSPS) is 22.1. The van der Waals surface area contributed by atoms with Crippen molar-refractivity contribution >= 4 is 5.91 Å². The fourth-order valence-corrected chi connectivity index (χ4v) is 6.40. The lowest BCUT2D eigenvalue weighted by Gasteiger charge is -2.49. The molecule has 0 aliphatic heterocycles. The van der Waals surface area contributed by atoms with Gasteiger partial charge in [-0.2, -0.15) is 0 Å². The molecule has 4 aromatic rings. The second-order valence-electron chi connectivity index (χ2n) is 12.9. The second kappa shape index (κ2) is 20.0. The van der Waals surface area contributed by atoms with Crippen LogP contribution in [-0.4, -0.2) is 42.4 Å². The van der Waals surface area contributed by atoms with Crippen LogP contribution >= 0.6 is 0 Å². The molecule has 0 heterocycles. The Hall–Kier alpha value is -3.85. The van der Waals surface area contributed by atoms with Crippen LogP contribution in [0.2, 0.25) is 0 Å². The fourth-order valence-electron chi connectivity index (χ4n) is 6.40. The van der Waals surface area contributed by atoms with Crippen LogP contribution in [0.4, 0.5) is 0 Å². The third kappa shape index (κ3) is 11.3. The van der Waals surface area contributed by atoms with Crippen LogP contribution in [0.15, 0.2) is 121 Å². The molecule has 1 saturated carbocycles. The van der Waals surface area contributed by atoms with Crippen LogP contribution in [0.25, 0.3) is 0 Å². The summed E-state index contributed by atoms with van der Waals surface area (Å²) in [5.41, 5.74) is 11.3. The van der Waals surface area contributed by atoms with Crippen molar-refractivity contribution in [2.24, 2.45) is 5.73 Å². The first kappa shape index (κ1) is 36.4. The van der Waals surface area contributed by atoms with Crippen LogP contribution in [0.5, 0.6) is 0 Å². The van der Waals surface area contributed by atoms with Crippen molar-refractivity contribution in [3.05, 3.63) is 144 Å². The maximum atomic E-state index is 13.5. The molecule has 3 N–H and O–H groups in total. The third-order valence-corrected chi connectivity index (χ3v) is 9.10. The molecule has 0 saturated heterocycles. The lowest BCUT2D eigenvalue weighted by atomic mass is 9.80. The summed E-state index contributed by atoms with van der Waals surface area (Å²) in [5, 5.41) is 3.29. The summed E-state index contributed by atoms with van der Waals surface area (Å²) in [6.45, 7) is 3.53. The van der Waals surface area contributed by atoms with Crippen LogP contribution in [0.3, 0.4) is 0 Å². The molecule has 0 bridgehead atoms. The minimum absolute atomic E-state index is 0.0440. The quantitative estimate of drug-likeness (QED) is 0.101. The van der Waals surface area contributed by atoms with Crippen molar-refractivity contribution in [1.29, 1.82) is 0 Å². The van der Waals surface area contributed by atoms with Gasteiger partial charge in [0.05, 0.1) is 38.5 Å². The highest BCUT2D eigenvalue weighted by molar-refractivity contribution is 5.76. The molecular formula is C42H52N2O5. The van der Waals surface area contributed by atoms with Gasteiger partial charge in [0, 0.05) is 6.42 Å². The lowest BCUT2D eigenvalue weighted by molar-refractivity contribution is -0.226. The Bertz CT molecular complexity index is 1470. The maximum Gasteiger partial charge on any atom is 0.220 e.